The third-order valence-corrected chi connectivity index (χ3v) is 0.886. The molecule has 0 heterocycles. The minimum absolute atomic E-state index is 0.214. The molecule has 0 aliphatic carbocycles. The second-order valence-electron chi connectivity index (χ2n) is 1.70. The highest BCUT2D eigenvalue weighted by atomic mass is 16.6. The van der Waals surface area contributed by atoms with Crippen LogP contribution in [0.15, 0.2) is 5.16 Å². The second-order valence-corrected chi connectivity index (χ2v) is 1.70. The fourth-order valence-corrected chi connectivity index (χ4v) is 0.426. The summed E-state index contributed by atoms with van der Waals surface area (Å²) in [5, 5.41) is 8.45. The first-order valence-electron chi connectivity index (χ1n) is 3.36. The summed E-state index contributed by atoms with van der Waals surface area (Å²) in [5.41, 5.74) is 0. The zero-order chi connectivity index (χ0) is 8.53. The van der Waals surface area contributed by atoms with Gasteiger partial charge in [-0.15, -0.1) is 0 Å². The zero-order valence-corrected chi connectivity index (χ0v) is 6.76. The van der Waals surface area contributed by atoms with Crippen molar-refractivity contribution >= 4 is 12.2 Å². The van der Waals surface area contributed by atoms with Crippen LogP contribution in [0.3, 0.4) is 0 Å². The van der Waals surface area contributed by atoms with Crippen LogP contribution in [0.4, 0.5) is 4.79 Å². The molecule has 0 rings (SSSR count). The van der Waals surface area contributed by atoms with Gasteiger partial charge in [-0.3, -0.25) is 0 Å². The predicted molar refractivity (Wildman–Crippen MR) is 42.6 cm³/mol. The van der Waals surface area contributed by atoms with Gasteiger partial charge in [-0.05, 0) is 6.92 Å². The van der Waals surface area contributed by atoms with Crippen molar-refractivity contribution in [1.82, 2.24) is 10.6 Å². The van der Waals surface area contributed by atoms with Crippen LogP contribution < -0.4 is 10.6 Å². The van der Waals surface area contributed by atoms with Crippen molar-refractivity contribution in [1.29, 1.82) is 0 Å². The Bertz CT molecular complexity index is 136. The average molecular weight is 159 g/mol. The van der Waals surface area contributed by atoms with Crippen LogP contribution in [0, 0.1) is 0 Å². The van der Waals surface area contributed by atoms with E-state index in [1.54, 1.807) is 20.2 Å². The van der Waals surface area contributed by atoms with E-state index < -0.39 is 0 Å². The van der Waals surface area contributed by atoms with E-state index in [1.807, 2.05) is 0 Å². The molecule has 0 spiro atoms. The molecule has 11 heavy (non-hydrogen) atoms. The molecule has 0 bridgehead atoms. The molecule has 0 aromatic heterocycles. The van der Waals surface area contributed by atoms with Gasteiger partial charge in [0.1, 0.15) is 6.61 Å². The number of carbonyl (C=O) groups excluding carboxylic acids is 1. The first kappa shape index (κ1) is 9.74. The van der Waals surface area contributed by atoms with Crippen molar-refractivity contribution < 1.29 is 9.63 Å². The second kappa shape index (κ2) is 6.85. The molecule has 0 aromatic carbocycles. The van der Waals surface area contributed by atoms with Crippen molar-refractivity contribution in [3.8, 4) is 0 Å². The molecule has 0 radical (unpaired) electrons. The quantitative estimate of drug-likeness (QED) is 0.343. The molecule has 0 atom stereocenters. The summed E-state index contributed by atoms with van der Waals surface area (Å²) in [7, 11) is 1.56. The van der Waals surface area contributed by atoms with Gasteiger partial charge in [0.15, 0.2) is 0 Å². The Hall–Kier alpha value is -1.26. The number of hydrogen-bond acceptors (Lipinski definition) is 3. The minimum Gasteiger partial charge on any atom is -0.394 e. The van der Waals surface area contributed by atoms with Crippen LogP contribution in [-0.2, 0) is 4.84 Å². The van der Waals surface area contributed by atoms with Crippen LogP contribution in [0.2, 0.25) is 0 Å². The Balaban J connectivity index is 3.08. The lowest BCUT2D eigenvalue weighted by Crippen LogP contribution is -2.34. The molecule has 5 nitrogen and oxygen atoms in total. The maximum Gasteiger partial charge on any atom is 0.314 e. The van der Waals surface area contributed by atoms with Gasteiger partial charge >= 0.3 is 6.03 Å². The molecule has 0 aliphatic rings. The zero-order valence-electron chi connectivity index (χ0n) is 6.76. The highest BCUT2D eigenvalue weighted by Gasteiger charge is 1.92. The molecule has 2 N–H and O–H groups in total. The van der Waals surface area contributed by atoms with Crippen LogP contribution in [-0.4, -0.2) is 32.4 Å². The smallest absolute Gasteiger partial charge is 0.314 e. The van der Waals surface area contributed by atoms with Gasteiger partial charge in [-0.2, -0.15) is 0 Å². The van der Waals surface area contributed by atoms with E-state index in [9.17, 15) is 4.79 Å². The number of urea groups is 1. The summed E-state index contributed by atoms with van der Waals surface area (Å²) in [6.07, 6.45) is 1.54. The highest BCUT2D eigenvalue weighted by molar-refractivity contribution is 5.73. The van der Waals surface area contributed by atoms with E-state index in [-0.39, 0.29) is 6.03 Å². The van der Waals surface area contributed by atoms with Crippen molar-refractivity contribution in [3.05, 3.63) is 0 Å². The van der Waals surface area contributed by atoms with Crippen LogP contribution in [0.5, 0.6) is 0 Å². The molecule has 0 saturated carbocycles. The number of oxime groups is 1. The first-order valence-corrected chi connectivity index (χ1v) is 3.36. The lowest BCUT2D eigenvalue weighted by molar-refractivity contribution is 0.148. The topological polar surface area (TPSA) is 62.7 Å². The number of rotatable bonds is 4. The minimum atomic E-state index is -0.214. The third-order valence-electron chi connectivity index (χ3n) is 0.886. The van der Waals surface area contributed by atoms with Crippen molar-refractivity contribution in [3.63, 3.8) is 0 Å². The Kier molecular flexibility index (Phi) is 6.07. The van der Waals surface area contributed by atoms with Gasteiger partial charge in [0.05, 0.1) is 6.54 Å². The van der Waals surface area contributed by atoms with E-state index in [1.165, 1.54) is 0 Å². The normalized spacial score (nSPS) is 9.64. The molecule has 0 fully saturated rings. The van der Waals surface area contributed by atoms with Gasteiger partial charge in [-0.1, -0.05) is 5.16 Å². The molecular weight excluding hydrogens is 146 g/mol. The van der Waals surface area contributed by atoms with E-state index >= 15 is 0 Å². The number of amides is 2. The van der Waals surface area contributed by atoms with Crippen LogP contribution >= 0.6 is 0 Å². The molecule has 2 amide bonds. The standard InChI is InChI=1S/C6H13N3O2/c1-3-9-11-5-4-8-6(10)7-2/h3H,4-5H2,1-2H3,(H2,7,8,10). The molecule has 5 heteroatoms. The third kappa shape index (κ3) is 6.63. The maximum atomic E-state index is 10.5. The molecular formula is C6H13N3O2. The molecule has 0 aromatic rings. The van der Waals surface area contributed by atoms with Crippen molar-refractivity contribution in [2.75, 3.05) is 20.2 Å². The number of hydrogen-bond donors (Lipinski definition) is 2. The van der Waals surface area contributed by atoms with Gasteiger partial charge in [-0.25, -0.2) is 4.79 Å². The van der Waals surface area contributed by atoms with Crippen LogP contribution in [0.25, 0.3) is 0 Å². The lowest BCUT2D eigenvalue weighted by atomic mass is 10.7. The Morgan fingerprint density at radius 1 is 1.73 bits per heavy atom. The summed E-state index contributed by atoms with van der Waals surface area (Å²) in [6, 6.07) is -0.214. The van der Waals surface area contributed by atoms with Gasteiger partial charge in [0, 0.05) is 13.3 Å². The van der Waals surface area contributed by atoms with Gasteiger partial charge < -0.3 is 15.5 Å². The first-order chi connectivity index (χ1) is 5.31. The van der Waals surface area contributed by atoms with Crippen LogP contribution in [0.1, 0.15) is 6.92 Å². The van der Waals surface area contributed by atoms with E-state index in [2.05, 4.69) is 15.8 Å². The summed E-state index contributed by atoms with van der Waals surface area (Å²) in [6.45, 7) is 2.60. The summed E-state index contributed by atoms with van der Waals surface area (Å²) < 4.78 is 0. The SMILES string of the molecule is CC=NOCCNC(=O)NC. The highest BCUT2D eigenvalue weighted by Crippen LogP contribution is 1.71. The molecule has 0 saturated heterocycles. The van der Waals surface area contributed by atoms with Gasteiger partial charge in [0.25, 0.3) is 0 Å². The Morgan fingerprint density at radius 3 is 3.00 bits per heavy atom. The lowest BCUT2D eigenvalue weighted by Gasteiger charge is -2.01. The van der Waals surface area contributed by atoms with Crippen molar-refractivity contribution in [2.45, 2.75) is 6.92 Å². The fourth-order valence-electron chi connectivity index (χ4n) is 0.426. The van der Waals surface area contributed by atoms with Gasteiger partial charge in [0.2, 0.25) is 0 Å². The Labute approximate surface area is 65.8 Å². The summed E-state index contributed by atoms with van der Waals surface area (Å²) in [4.78, 5) is 15.2. The largest absolute Gasteiger partial charge is 0.394 e. The monoisotopic (exact) mass is 159 g/mol. The maximum absolute atomic E-state index is 10.5. The van der Waals surface area contributed by atoms with E-state index in [0.717, 1.165) is 0 Å². The molecule has 0 unspecified atom stereocenters. The molecule has 64 valence electrons. The summed E-state index contributed by atoms with van der Waals surface area (Å²) in [5.74, 6) is 0. The molecule has 0 aliphatic heterocycles. The van der Waals surface area contributed by atoms with Crippen molar-refractivity contribution in [2.24, 2.45) is 5.16 Å². The van der Waals surface area contributed by atoms with E-state index in [0.29, 0.717) is 13.2 Å². The fraction of sp³-hybridized carbons (Fsp3) is 0.667. The van der Waals surface area contributed by atoms with E-state index in [4.69, 9.17) is 4.84 Å². The average Bonchev–Trinajstić information content (AvgIpc) is 2.04. The number of nitrogens with one attached hydrogen (secondary N) is 2. The Morgan fingerprint density at radius 2 is 2.45 bits per heavy atom. The predicted octanol–water partition coefficient (Wildman–Crippen LogP) is -0.0623. The summed E-state index contributed by atoms with van der Waals surface area (Å²) >= 11 is 0. The number of carbonyl (C=O) groups is 1. The number of nitrogens with zero attached hydrogens (tertiary/aromatic N) is 1.